The number of rotatable bonds is 3. The Morgan fingerprint density at radius 1 is 1.38 bits per heavy atom. The molecule has 0 aliphatic rings. The van der Waals surface area contributed by atoms with Crippen molar-refractivity contribution in [3.63, 3.8) is 0 Å². The maximum absolute atomic E-state index is 10.7. The summed E-state index contributed by atoms with van der Waals surface area (Å²) in [5, 5.41) is 16.5. The van der Waals surface area contributed by atoms with Crippen LogP contribution in [-0.4, -0.2) is 26.1 Å². The second-order valence-electron chi connectivity index (χ2n) is 3.44. The van der Waals surface area contributed by atoms with Crippen LogP contribution < -0.4 is 0 Å². The molecule has 1 aromatic carbocycles. The summed E-state index contributed by atoms with van der Waals surface area (Å²) in [7, 11) is 1.75. The average molecular weight is 217 g/mol. The van der Waals surface area contributed by atoms with Crippen LogP contribution in [0.15, 0.2) is 30.3 Å². The van der Waals surface area contributed by atoms with Crippen molar-refractivity contribution in [1.29, 1.82) is 0 Å². The molecule has 1 aromatic heterocycles. The first-order valence-electron chi connectivity index (χ1n) is 4.84. The number of carbonyl (C=O) groups is 1. The zero-order valence-electron chi connectivity index (χ0n) is 8.79. The quantitative estimate of drug-likeness (QED) is 0.836. The van der Waals surface area contributed by atoms with Crippen molar-refractivity contribution in [3.05, 3.63) is 36.0 Å². The number of nitrogens with zero attached hydrogens (tertiary/aromatic N) is 3. The number of carboxylic acids is 1. The number of benzene rings is 1. The average Bonchev–Trinajstić information content (AvgIpc) is 2.60. The number of hydrogen-bond donors (Lipinski definition) is 1. The van der Waals surface area contributed by atoms with Crippen molar-refractivity contribution in [3.8, 4) is 11.3 Å². The lowest BCUT2D eigenvalue weighted by atomic mass is 10.1. The van der Waals surface area contributed by atoms with Crippen LogP contribution in [0.1, 0.15) is 5.69 Å². The lowest BCUT2D eigenvalue weighted by Crippen LogP contribution is -2.02. The molecule has 0 saturated heterocycles. The van der Waals surface area contributed by atoms with Crippen LogP contribution >= 0.6 is 0 Å². The highest BCUT2D eigenvalue weighted by Gasteiger charge is 2.14. The first kappa shape index (κ1) is 10.4. The minimum atomic E-state index is -0.905. The van der Waals surface area contributed by atoms with E-state index in [1.165, 1.54) is 0 Å². The third-order valence-electron chi connectivity index (χ3n) is 2.26. The minimum Gasteiger partial charge on any atom is -0.481 e. The molecule has 0 amide bonds. The fraction of sp³-hybridized carbons (Fsp3) is 0.182. The van der Waals surface area contributed by atoms with Gasteiger partial charge in [0.15, 0.2) is 0 Å². The van der Waals surface area contributed by atoms with Gasteiger partial charge in [0.1, 0.15) is 5.69 Å². The Morgan fingerprint density at radius 2 is 2.06 bits per heavy atom. The lowest BCUT2D eigenvalue weighted by Gasteiger charge is -2.02. The molecule has 2 aromatic rings. The molecule has 0 spiro atoms. The molecule has 0 unspecified atom stereocenters. The molecule has 0 bridgehead atoms. The van der Waals surface area contributed by atoms with Crippen LogP contribution in [0.4, 0.5) is 0 Å². The van der Waals surface area contributed by atoms with Crippen LogP contribution in [0.2, 0.25) is 0 Å². The summed E-state index contributed by atoms with van der Waals surface area (Å²) in [5.41, 5.74) is 2.16. The van der Waals surface area contributed by atoms with Gasteiger partial charge < -0.3 is 5.11 Å². The molecule has 5 heteroatoms. The molecule has 82 valence electrons. The number of aromatic nitrogens is 3. The Morgan fingerprint density at radius 3 is 2.69 bits per heavy atom. The van der Waals surface area contributed by atoms with E-state index in [9.17, 15) is 4.79 Å². The zero-order chi connectivity index (χ0) is 11.5. The molecule has 0 saturated carbocycles. The molecule has 16 heavy (non-hydrogen) atoms. The molecule has 0 radical (unpaired) electrons. The Balaban J connectivity index is 2.47. The molecule has 1 N–H and O–H groups in total. The van der Waals surface area contributed by atoms with Gasteiger partial charge in [0.25, 0.3) is 0 Å². The lowest BCUT2D eigenvalue weighted by molar-refractivity contribution is -0.136. The Labute approximate surface area is 92.3 Å². The van der Waals surface area contributed by atoms with Gasteiger partial charge in [-0.1, -0.05) is 35.5 Å². The van der Waals surface area contributed by atoms with E-state index >= 15 is 0 Å². The first-order chi connectivity index (χ1) is 7.68. The molecule has 0 fully saturated rings. The van der Waals surface area contributed by atoms with E-state index in [2.05, 4.69) is 10.3 Å². The topological polar surface area (TPSA) is 68.0 Å². The van der Waals surface area contributed by atoms with Gasteiger partial charge in [-0.2, -0.15) is 0 Å². The van der Waals surface area contributed by atoms with Crippen molar-refractivity contribution in [2.45, 2.75) is 6.42 Å². The second-order valence-corrected chi connectivity index (χ2v) is 3.44. The Kier molecular flexibility index (Phi) is 2.68. The van der Waals surface area contributed by atoms with Crippen molar-refractivity contribution in [1.82, 2.24) is 15.0 Å². The maximum atomic E-state index is 10.7. The number of aryl methyl sites for hydroxylation is 1. The molecule has 5 nitrogen and oxygen atoms in total. The van der Waals surface area contributed by atoms with E-state index in [0.29, 0.717) is 5.69 Å². The van der Waals surface area contributed by atoms with Gasteiger partial charge in [-0.15, -0.1) is 5.10 Å². The normalized spacial score (nSPS) is 10.3. The minimum absolute atomic E-state index is 0.113. The number of hydrogen-bond acceptors (Lipinski definition) is 3. The summed E-state index contributed by atoms with van der Waals surface area (Å²) in [5.74, 6) is -0.905. The SMILES string of the molecule is Cn1nnc(CC(=O)O)c1-c1ccccc1. The summed E-state index contributed by atoms with van der Waals surface area (Å²) in [6, 6.07) is 9.51. The standard InChI is InChI=1S/C11H11N3O2/c1-14-11(8-5-3-2-4-6-8)9(12-13-14)7-10(15)16/h2-6H,7H2,1H3,(H,15,16). The molecule has 1 heterocycles. The fourth-order valence-electron chi connectivity index (χ4n) is 1.61. The van der Waals surface area contributed by atoms with Crippen molar-refractivity contribution in [2.24, 2.45) is 7.05 Å². The van der Waals surface area contributed by atoms with Gasteiger partial charge in [0.2, 0.25) is 0 Å². The van der Waals surface area contributed by atoms with Crippen molar-refractivity contribution < 1.29 is 9.90 Å². The molecule has 0 aliphatic carbocycles. The Bertz CT molecular complexity index is 505. The first-order valence-corrected chi connectivity index (χ1v) is 4.84. The Hall–Kier alpha value is -2.17. The number of carboxylic acid groups (broad SMARTS) is 1. The van der Waals surface area contributed by atoms with Crippen LogP contribution in [0.3, 0.4) is 0 Å². The van der Waals surface area contributed by atoms with Crippen molar-refractivity contribution in [2.75, 3.05) is 0 Å². The van der Waals surface area contributed by atoms with Gasteiger partial charge in [-0.25, -0.2) is 4.68 Å². The summed E-state index contributed by atoms with van der Waals surface area (Å²) in [6.07, 6.45) is -0.113. The smallest absolute Gasteiger partial charge is 0.309 e. The molecule has 0 aliphatic heterocycles. The third kappa shape index (κ3) is 1.93. The monoisotopic (exact) mass is 217 g/mol. The van der Waals surface area contributed by atoms with Gasteiger partial charge in [-0.05, 0) is 0 Å². The molecular formula is C11H11N3O2. The van der Waals surface area contributed by atoms with E-state index < -0.39 is 5.97 Å². The third-order valence-corrected chi connectivity index (χ3v) is 2.26. The van der Waals surface area contributed by atoms with Crippen LogP contribution in [-0.2, 0) is 18.3 Å². The van der Waals surface area contributed by atoms with E-state index in [-0.39, 0.29) is 6.42 Å². The highest BCUT2D eigenvalue weighted by Crippen LogP contribution is 2.21. The molecule has 0 atom stereocenters. The van der Waals surface area contributed by atoms with E-state index in [1.807, 2.05) is 30.3 Å². The van der Waals surface area contributed by atoms with Crippen molar-refractivity contribution >= 4 is 5.97 Å². The molecular weight excluding hydrogens is 206 g/mol. The van der Waals surface area contributed by atoms with Crippen LogP contribution in [0, 0.1) is 0 Å². The van der Waals surface area contributed by atoms with Gasteiger partial charge >= 0.3 is 5.97 Å². The van der Waals surface area contributed by atoms with Gasteiger partial charge in [-0.3, -0.25) is 4.79 Å². The van der Waals surface area contributed by atoms with Crippen LogP contribution in [0.25, 0.3) is 11.3 Å². The largest absolute Gasteiger partial charge is 0.481 e. The fourth-order valence-corrected chi connectivity index (χ4v) is 1.61. The zero-order valence-corrected chi connectivity index (χ0v) is 8.79. The predicted molar refractivity (Wildman–Crippen MR) is 57.8 cm³/mol. The summed E-state index contributed by atoms with van der Waals surface area (Å²) in [6.45, 7) is 0. The van der Waals surface area contributed by atoms with Gasteiger partial charge in [0.05, 0.1) is 12.1 Å². The highest BCUT2D eigenvalue weighted by molar-refractivity contribution is 5.73. The molecule has 2 rings (SSSR count). The second kappa shape index (κ2) is 4.14. The highest BCUT2D eigenvalue weighted by atomic mass is 16.4. The van der Waals surface area contributed by atoms with Gasteiger partial charge in [0, 0.05) is 12.6 Å². The summed E-state index contributed by atoms with van der Waals surface area (Å²) in [4.78, 5) is 10.7. The maximum Gasteiger partial charge on any atom is 0.309 e. The predicted octanol–water partition coefficient (Wildman–Crippen LogP) is 1.11. The van der Waals surface area contributed by atoms with E-state index in [0.717, 1.165) is 11.3 Å². The van der Waals surface area contributed by atoms with E-state index in [1.54, 1.807) is 11.7 Å². The summed E-state index contributed by atoms with van der Waals surface area (Å²) < 4.78 is 1.59. The van der Waals surface area contributed by atoms with Crippen LogP contribution in [0.5, 0.6) is 0 Å². The van der Waals surface area contributed by atoms with E-state index in [4.69, 9.17) is 5.11 Å². The summed E-state index contributed by atoms with van der Waals surface area (Å²) >= 11 is 0. The number of aliphatic carboxylic acids is 1.